The first-order chi connectivity index (χ1) is 11.5. The Balaban J connectivity index is 2.13. The third kappa shape index (κ3) is 4.21. The van der Waals surface area contributed by atoms with Crippen molar-refractivity contribution < 1.29 is 19.4 Å². The van der Waals surface area contributed by atoms with Crippen molar-refractivity contribution in [3.8, 4) is 11.8 Å². The molecular formula is C18H14N2O4. The maximum atomic E-state index is 12.1. The summed E-state index contributed by atoms with van der Waals surface area (Å²) < 4.78 is 4.59. The number of nitrogens with zero attached hydrogens (tertiary/aromatic N) is 1. The second-order valence-corrected chi connectivity index (χ2v) is 4.78. The van der Waals surface area contributed by atoms with Gasteiger partial charge >= 0.3 is 5.97 Å². The lowest BCUT2D eigenvalue weighted by Gasteiger charge is -2.05. The first-order valence-electron chi connectivity index (χ1n) is 6.94. The van der Waals surface area contributed by atoms with Gasteiger partial charge in [0, 0.05) is 5.69 Å². The lowest BCUT2D eigenvalue weighted by Crippen LogP contribution is -2.13. The van der Waals surface area contributed by atoms with Crippen LogP contribution in [0, 0.1) is 11.3 Å². The standard InChI is InChI=1S/C18H14N2O4/c1-24-18(23)13-4-6-15(7-5-13)20-17(22)14(11-19)10-12-2-8-16(21)9-3-12/h2-10,21H,1H3,(H,20,22). The number of methoxy groups -OCH3 is 1. The zero-order valence-electron chi connectivity index (χ0n) is 12.8. The van der Waals surface area contributed by atoms with Gasteiger partial charge in [0.05, 0.1) is 12.7 Å². The van der Waals surface area contributed by atoms with Gasteiger partial charge in [-0.05, 0) is 48.0 Å². The largest absolute Gasteiger partial charge is 0.508 e. The molecule has 0 aliphatic rings. The Morgan fingerprint density at radius 1 is 1.12 bits per heavy atom. The van der Waals surface area contributed by atoms with E-state index in [1.807, 2.05) is 6.07 Å². The summed E-state index contributed by atoms with van der Waals surface area (Å²) in [6.07, 6.45) is 1.41. The number of ether oxygens (including phenoxy) is 1. The fourth-order valence-electron chi connectivity index (χ4n) is 1.89. The molecule has 6 nitrogen and oxygen atoms in total. The van der Waals surface area contributed by atoms with Crippen LogP contribution in [-0.4, -0.2) is 24.1 Å². The highest BCUT2D eigenvalue weighted by Gasteiger charge is 2.10. The molecule has 6 heteroatoms. The molecule has 0 aliphatic heterocycles. The van der Waals surface area contributed by atoms with E-state index < -0.39 is 11.9 Å². The van der Waals surface area contributed by atoms with Crippen LogP contribution in [0.15, 0.2) is 54.1 Å². The Morgan fingerprint density at radius 2 is 1.75 bits per heavy atom. The van der Waals surface area contributed by atoms with Gasteiger partial charge in [-0.3, -0.25) is 4.79 Å². The lowest BCUT2D eigenvalue weighted by atomic mass is 10.1. The predicted molar refractivity (Wildman–Crippen MR) is 88.1 cm³/mol. The molecule has 0 atom stereocenters. The van der Waals surface area contributed by atoms with E-state index in [9.17, 15) is 14.7 Å². The number of carbonyl (C=O) groups excluding carboxylic acids is 2. The SMILES string of the molecule is COC(=O)c1ccc(NC(=O)C(C#N)=Cc2ccc(O)cc2)cc1. The molecule has 2 rings (SSSR count). The zero-order chi connectivity index (χ0) is 17.5. The molecule has 24 heavy (non-hydrogen) atoms. The maximum absolute atomic E-state index is 12.1. The van der Waals surface area contributed by atoms with Gasteiger partial charge in [0.15, 0.2) is 0 Å². The Bertz CT molecular complexity index is 816. The highest BCUT2D eigenvalue weighted by atomic mass is 16.5. The summed E-state index contributed by atoms with van der Waals surface area (Å²) in [6, 6.07) is 14.0. The Labute approximate surface area is 138 Å². The molecule has 0 fully saturated rings. The molecular weight excluding hydrogens is 308 g/mol. The molecule has 0 radical (unpaired) electrons. The summed E-state index contributed by atoms with van der Waals surface area (Å²) >= 11 is 0. The number of phenols is 1. The number of aromatic hydroxyl groups is 1. The van der Waals surface area contributed by atoms with Gasteiger partial charge in [0.25, 0.3) is 5.91 Å². The number of hydrogen-bond donors (Lipinski definition) is 2. The maximum Gasteiger partial charge on any atom is 0.337 e. The molecule has 0 unspecified atom stereocenters. The van der Waals surface area contributed by atoms with E-state index >= 15 is 0 Å². The number of nitriles is 1. The Kier molecular flexibility index (Phi) is 5.32. The van der Waals surface area contributed by atoms with E-state index in [1.165, 1.54) is 37.5 Å². The van der Waals surface area contributed by atoms with Crippen LogP contribution in [0.4, 0.5) is 5.69 Å². The van der Waals surface area contributed by atoms with Crippen molar-refractivity contribution in [2.45, 2.75) is 0 Å². The minimum Gasteiger partial charge on any atom is -0.508 e. The van der Waals surface area contributed by atoms with Crippen molar-refractivity contribution in [1.29, 1.82) is 5.26 Å². The smallest absolute Gasteiger partial charge is 0.337 e. The second kappa shape index (κ2) is 7.61. The highest BCUT2D eigenvalue weighted by molar-refractivity contribution is 6.09. The van der Waals surface area contributed by atoms with Gasteiger partial charge in [0.2, 0.25) is 0 Å². The quantitative estimate of drug-likeness (QED) is 0.512. The topological polar surface area (TPSA) is 99.4 Å². The summed E-state index contributed by atoms with van der Waals surface area (Å²) in [5.74, 6) is -0.949. The lowest BCUT2D eigenvalue weighted by molar-refractivity contribution is -0.112. The van der Waals surface area contributed by atoms with Gasteiger partial charge in [0.1, 0.15) is 17.4 Å². The molecule has 120 valence electrons. The summed E-state index contributed by atoms with van der Waals surface area (Å²) in [7, 11) is 1.28. The van der Waals surface area contributed by atoms with Crippen molar-refractivity contribution in [2.75, 3.05) is 12.4 Å². The average Bonchev–Trinajstić information content (AvgIpc) is 2.61. The van der Waals surface area contributed by atoms with Crippen LogP contribution in [0.5, 0.6) is 5.75 Å². The fraction of sp³-hybridized carbons (Fsp3) is 0.0556. The number of nitrogens with one attached hydrogen (secondary N) is 1. The second-order valence-electron chi connectivity index (χ2n) is 4.78. The number of carbonyl (C=O) groups is 2. The molecule has 2 N–H and O–H groups in total. The zero-order valence-corrected chi connectivity index (χ0v) is 12.8. The first kappa shape index (κ1) is 16.8. The van der Waals surface area contributed by atoms with Gasteiger partial charge < -0.3 is 15.2 Å². The van der Waals surface area contributed by atoms with Gasteiger partial charge in [-0.15, -0.1) is 0 Å². The molecule has 1 amide bonds. The molecule has 2 aromatic rings. The van der Waals surface area contributed by atoms with Crippen molar-refractivity contribution >= 4 is 23.6 Å². The highest BCUT2D eigenvalue weighted by Crippen LogP contribution is 2.15. The van der Waals surface area contributed by atoms with Crippen LogP contribution in [-0.2, 0) is 9.53 Å². The summed E-state index contributed by atoms with van der Waals surface area (Å²) in [4.78, 5) is 23.5. The predicted octanol–water partition coefficient (Wildman–Crippen LogP) is 2.72. The number of benzene rings is 2. The normalized spacial score (nSPS) is 10.6. The van der Waals surface area contributed by atoms with Crippen LogP contribution >= 0.6 is 0 Å². The van der Waals surface area contributed by atoms with Gasteiger partial charge in [-0.1, -0.05) is 12.1 Å². The molecule has 0 bridgehead atoms. The van der Waals surface area contributed by atoms with E-state index in [0.717, 1.165) is 0 Å². The number of phenolic OH excluding ortho intramolecular Hbond substituents is 1. The van der Waals surface area contributed by atoms with Crippen molar-refractivity contribution in [2.24, 2.45) is 0 Å². The van der Waals surface area contributed by atoms with Gasteiger partial charge in [-0.2, -0.15) is 5.26 Å². The third-order valence-corrected chi connectivity index (χ3v) is 3.13. The summed E-state index contributed by atoms with van der Waals surface area (Å²) in [6.45, 7) is 0. The molecule has 0 heterocycles. The average molecular weight is 322 g/mol. The number of hydrogen-bond acceptors (Lipinski definition) is 5. The Morgan fingerprint density at radius 3 is 2.29 bits per heavy atom. The monoisotopic (exact) mass is 322 g/mol. The van der Waals surface area contributed by atoms with Crippen LogP contribution in [0.1, 0.15) is 15.9 Å². The summed E-state index contributed by atoms with van der Waals surface area (Å²) in [5, 5.41) is 21.0. The van der Waals surface area contributed by atoms with Crippen LogP contribution in [0.3, 0.4) is 0 Å². The fourth-order valence-corrected chi connectivity index (χ4v) is 1.89. The molecule has 2 aromatic carbocycles. The Hall–Kier alpha value is -3.59. The molecule has 0 aromatic heterocycles. The van der Waals surface area contributed by atoms with E-state index in [1.54, 1.807) is 24.3 Å². The minimum absolute atomic E-state index is 0.0854. The third-order valence-electron chi connectivity index (χ3n) is 3.13. The van der Waals surface area contributed by atoms with Crippen molar-refractivity contribution in [3.63, 3.8) is 0 Å². The van der Waals surface area contributed by atoms with Gasteiger partial charge in [-0.25, -0.2) is 4.79 Å². The first-order valence-corrected chi connectivity index (χ1v) is 6.94. The molecule has 0 spiro atoms. The van der Waals surface area contributed by atoms with E-state index in [4.69, 9.17) is 5.26 Å². The van der Waals surface area contributed by atoms with Crippen LogP contribution in [0.2, 0.25) is 0 Å². The van der Waals surface area contributed by atoms with Crippen molar-refractivity contribution in [3.05, 3.63) is 65.2 Å². The van der Waals surface area contributed by atoms with Crippen LogP contribution in [0.25, 0.3) is 6.08 Å². The van der Waals surface area contributed by atoms with Crippen molar-refractivity contribution in [1.82, 2.24) is 0 Å². The summed E-state index contributed by atoms with van der Waals surface area (Å²) in [5.41, 5.74) is 1.33. The van der Waals surface area contributed by atoms with E-state index in [2.05, 4.69) is 10.1 Å². The molecule has 0 saturated heterocycles. The van der Waals surface area contributed by atoms with Crippen LogP contribution < -0.4 is 5.32 Å². The molecule has 0 saturated carbocycles. The van der Waals surface area contributed by atoms with E-state index in [0.29, 0.717) is 16.8 Å². The van der Waals surface area contributed by atoms with E-state index in [-0.39, 0.29) is 11.3 Å². The number of esters is 1. The number of anilines is 1. The molecule has 0 aliphatic carbocycles. The number of rotatable bonds is 4. The number of amides is 1. The minimum atomic E-state index is -0.573.